The molecule has 0 radical (unpaired) electrons. The normalized spacial score (nSPS) is 16.2. The summed E-state index contributed by atoms with van der Waals surface area (Å²) in [7, 11) is 0. The molecule has 0 saturated carbocycles. The monoisotopic (exact) mass is 541 g/mol. The van der Waals surface area contributed by atoms with Crippen molar-refractivity contribution in [3.63, 3.8) is 0 Å². The Bertz CT molecular complexity index is 1350. The third kappa shape index (κ3) is 6.40. The summed E-state index contributed by atoms with van der Waals surface area (Å²) in [5.74, 6) is 1.87. The fraction of sp³-hybridized carbons (Fsp3) is 0.394. The van der Waals surface area contributed by atoms with Gasteiger partial charge in [0.05, 0.1) is 0 Å². The van der Waals surface area contributed by atoms with Crippen LogP contribution in [0.3, 0.4) is 0 Å². The van der Waals surface area contributed by atoms with Gasteiger partial charge in [0, 0.05) is 39.4 Å². The molecule has 2 aliphatic rings. The zero-order valence-corrected chi connectivity index (χ0v) is 23.8. The van der Waals surface area contributed by atoms with Gasteiger partial charge in [-0.25, -0.2) is 0 Å². The zero-order chi connectivity index (χ0) is 26.4. The Morgan fingerprint density at radius 2 is 1.28 bits per heavy atom. The van der Waals surface area contributed by atoms with Crippen LogP contribution in [0.15, 0.2) is 66.7 Å². The van der Waals surface area contributed by atoms with Gasteiger partial charge in [0.1, 0.15) is 24.7 Å². The van der Waals surface area contributed by atoms with E-state index in [0.717, 1.165) is 49.2 Å². The van der Waals surface area contributed by atoms with Crippen molar-refractivity contribution in [3.05, 3.63) is 72.3 Å². The second kappa shape index (κ2) is 12.4. The molecule has 3 heterocycles. The van der Waals surface area contributed by atoms with Gasteiger partial charge in [-0.2, -0.15) is 0 Å². The lowest BCUT2D eigenvalue weighted by molar-refractivity contribution is 0.237. The lowest BCUT2D eigenvalue weighted by atomic mass is 10.1. The van der Waals surface area contributed by atoms with Crippen LogP contribution in [-0.4, -0.2) is 62.3 Å². The summed E-state index contributed by atoms with van der Waals surface area (Å²) >= 11 is 1.85. The number of aryl methyl sites for hydroxylation is 1. The molecule has 6 rings (SSSR count). The molecule has 5 nitrogen and oxygen atoms in total. The van der Waals surface area contributed by atoms with E-state index in [1.807, 2.05) is 11.3 Å². The highest BCUT2D eigenvalue weighted by molar-refractivity contribution is 7.22. The summed E-state index contributed by atoms with van der Waals surface area (Å²) in [5, 5.41) is 4.94. The third-order valence-corrected chi connectivity index (χ3v) is 9.26. The van der Waals surface area contributed by atoms with Crippen LogP contribution < -0.4 is 14.8 Å². The number of nitrogens with zero attached hydrogens (tertiary/aromatic N) is 2. The summed E-state index contributed by atoms with van der Waals surface area (Å²) in [6.07, 6.45) is 5.28. The van der Waals surface area contributed by atoms with E-state index in [2.05, 4.69) is 88.8 Å². The first-order chi connectivity index (χ1) is 19.2. The Kier molecular flexibility index (Phi) is 8.33. The lowest BCUT2D eigenvalue weighted by Gasteiger charge is -2.15. The molecule has 0 bridgehead atoms. The fourth-order valence-corrected chi connectivity index (χ4v) is 7.01. The van der Waals surface area contributed by atoms with Crippen LogP contribution in [0.2, 0.25) is 0 Å². The minimum Gasteiger partial charge on any atom is -0.492 e. The number of fused-ring (bicyclic) bond motifs is 1. The maximum atomic E-state index is 6.03. The average Bonchev–Trinajstić information content (AvgIpc) is 3.73. The van der Waals surface area contributed by atoms with Crippen molar-refractivity contribution in [2.45, 2.75) is 32.6 Å². The van der Waals surface area contributed by atoms with Gasteiger partial charge in [0.2, 0.25) is 0 Å². The first-order valence-electron chi connectivity index (χ1n) is 14.4. The molecule has 39 heavy (non-hydrogen) atoms. The molecule has 6 heteroatoms. The van der Waals surface area contributed by atoms with E-state index in [1.165, 1.54) is 78.0 Å². The quantitative estimate of drug-likeness (QED) is 0.212. The van der Waals surface area contributed by atoms with Crippen molar-refractivity contribution in [2.24, 2.45) is 0 Å². The van der Waals surface area contributed by atoms with E-state index in [1.54, 1.807) is 0 Å². The molecule has 0 amide bonds. The molecule has 0 aliphatic carbocycles. The highest BCUT2D eigenvalue weighted by Crippen LogP contribution is 2.42. The molecule has 4 aromatic rings. The predicted octanol–water partition coefficient (Wildman–Crippen LogP) is 7.57. The number of ether oxygens (including phenoxy) is 2. The van der Waals surface area contributed by atoms with Gasteiger partial charge in [-0.1, -0.05) is 6.07 Å². The van der Waals surface area contributed by atoms with Gasteiger partial charge in [-0.15, -0.1) is 11.3 Å². The molecule has 1 aromatic heterocycles. The SMILES string of the molecule is Cc1c(-c2ccc(OCCN3CCCC3)cc2)sc2cccc(Nc3ccc(OCCN4CCCC4)cc3)c12. The van der Waals surface area contributed by atoms with Crippen molar-refractivity contribution in [2.75, 3.05) is 57.8 Å². The number of anilines is 2. The number of benzene rings is 3. The van der Waals surface area contributed by atoms with E-state index >= 15 is 0 Å². The Morgan fingerprint density at radius 3 is 1.87 bits per heavy atom. The van der Waals surface area contributed by atoms with Crippen LogP contribution in [0.4, 0.5) is 11.4 Å². The highest BCUT2D eigenvalue weighted by Gasteiger charge is 2.15. The first-order valence-corrected chi connectivity index (χ1v) is 15.2. The molecule has 2 fully saturated rings. The van der Waals surface area contributed by atoms with Gasteiger partial charge < -0.3 is 14.8 Å². The Hall–Kier alpha value is -3.06. The van der Waals surface area contributed by atoms with Gasteiger partial charge in [0.15, 0.2) is 0 Å². The number of rotatable bonds is 11. The molecule has 0 atom stereocenters. The van der Waals surface area contributed by atoms with Crippen LogP contribution in [-0.2, 0) is 0 Å². The third-order valence-electron chi connectivity index (χ3n) is 7.95. The van der Waals surface area contributed by atoms with Gasteiger partial charge in [-0.05, 0) is 131 Å². The zero-order valence-electron chi connectivity index (χ0n) is 23.0. The fourth-order valence-electron chi connectivity index (χ4n) is 5.77. The van der Waals surface area contributed by atoms with Gasteiger partial charge >= 0.3 is 0 Å². The van der Waals surface area contributed by atoms with Crippen LogP contribution in [0, 0.1) is 6.92 Å². The van der Waals surface area contributed by atoms with Gasteiger partial charge in [-0.3, -0.25) is 9.80 Å². The number of hydrogen-bond donors (Lipinski definition) is 1. The predicted molar refractivity (Wildman–Crippen MR) is 164 cm³/mol. The van der Waals surface area contributed by atoms with Crippen LogP contribution >= 0.6 is 11.3 Å². The summed E-state index contributed by atoms with van der Waals surface area (Å²) in [6, 6.07) is 23.5. The van der Waals surface area contributed by atoms with Crippen molar-refractivity contribution >= 4 is 32.8 Å². The highest BCUT2D eigenvalue weighted by atomic mass is 32.1. The summed E-state index contributed by atoms with van der Waals surface area (Å²) in [6.45, 7) is 10.6. The van der Waals surface area contributed by atoms with Crippen LogP contribution in [0.25, 0.3) is 20.5 Å². The van der Waals surface area contributed by atoms with Crippen molar-refractivity contribution < 1.29 is 9.47 Å². The topological polar surface area (TPSA) is 37.0 Å². The number of likely N-dealkylation sites (tertiary alicyclic amines) is 2. The number of hydrogen-bond acceptors (Lipinski definition) is 6. The van der Waals surface area contributed by atoms with Crippen LogP contribution in [0.5, 0.6) is 11.5 Å². The molecular weight excluding hydrogens is 502 g/mol. The Balaban J connectivity index is 1.10. The van der Waals surface area contributed by atoms with Crippen molar-refractivity contribution in [1.29, 1.82) is 0 Å². The summed E-state index contributed by atoms with van der Waals surface area (Å²) in [4.78, 5) is 6.27. The maximum Gasteiger partial charge on any atom is 0.119 e. The molecule has 2 saturated heterocycles. The number of nitrogens with one attached hydrogen (secondary N) is 1. The second-order valence-corrected chi connectivity index (χ2v) is 11.8. The van der Waals surface area contributed by atoms with Crippen molar-refractivity contribution in [3.8, 4) is 21.9 Å². The lowest BCUT2D eigenvalue weighted by Crippen LogP contribution is -2.25. The van der Waals surface area contributed by atoms with E-state index in [4.69, 9.17) is 9.47 Å². The molecule has 2 aliphatic heterocycles. The minimum absolute atomic E-state index is 0.745. The maximum absolute atomic E-state index is 6.03. The standard InChI is InChI=1S/C33H39N3O2S/c1-25-32-30(34-27-11-15-29(16-12-27)38-24-22-36-19-4-5-20-36)7-6-8-31(32)39-33(25)26-9-13-28(14-10-26)37-23-21-35-17-2-3-18-35/h6-16,34H,2-5,17-24H2,1H3. The largest absolute Gasteiger partial charge is 0.492 e. The second-order valence-electron chi connectivity index (χ2n) is 10.7. The van der Waals surface area contributed by atoms with E-state index < -0.39 is 0 Å². The minimum atomic E-state index is 0.745. The summed E-state index contributed by atoms with van der Waals surface area (Å²) in [5.41, 5.74) is 4.75. The van der Waals surface area contributed by atoms with Gasteiger partial charge in [0.25, 0.3) is 0 Å². The summed E-state index contributed by atoms with van der Waals surface area (Å²) < 4.78 is 13.3. The Labute approximate surface area is 236 Å². The Morgan fingerprint density at radius 1 is 0.718 bits per heavy atom. The number of thiophene rings is 1. The molecule has 3 aromatic carbocycles. The average molecular weight is 542 g/mol. The smallest absolute Gasteiger partial charge is 0.119 e. The van der Waals surface area contributed by atoms with E-state index in [0.29, 0.717) is 0 Å². The molecular formula is C33H39N3O2S. The molecule has 204 valence electrons. The van der Waals surface area contributed by atoms with E-state index in [9.17, 15) is 0 Å². The molecule has 0 unspecified atom stereocenters. The molecule has 0 spiro atoms. The first kappa shape index (κ1) is 26.2. The molecule has 1 N–H and O–H groups in total. The van der Waals surface area contributed by atoms with Crippen molar-refractivity contribution in [1.82, 2.24) is 9.80 Å². The van der Waals surface area contributed by atoms with Crippen LogP contribution in [0.1, 0.15) is 31.2 Å². The van der Waals surface area contributed by atoms with E-state index in [-0.39, 0.29) is 0 Å².